The van der Waals surface area contributed by atoms with Gasteiger partial charge in [0.1, 0.15) is 0 Å². The van der Waals surface area contributed by atoms with E-state index in [0.29, 0.717) is 24.4 Å². The van der Waals surface area contributed by atoms with Crippen LogP contribution in [0.3, 0.4) is 0 Å². The molecule has 0 bridgehead atoms. The van der Waals surface area contributed by atoms with Crippen molar-refractivity contribution in [3.05, 3.63) is 11.8 Å². The van der Waals surface area contributed by atoms with Crippen LogP contribution in [0, 0.1) is 12.8 Å². The number of aromatic nitrogens is 2. The molecular weight excluding hydrogens is 252 g/mol. The van der Waals surface area contributed by atoms with Crippen LogP contribution in [-0.4, -0.2) is 36.2 Å². The summed E-state index contributed by atoms with van der Waals surface area (Å²) < 4.78 is 5.64. The van der Waals surface area contributed by atoms with Crippen LogP contribution >= 0.6 is 0 Å². The summed E-state index contributed by atoms with van der Waals surface area (Å²) in [5.41, 5.74) is 6.81. The second-order valence-electron chi connectivity index (χ2n) is 5.60. The number of nitrogens with two attached hydrogens (primary N) is 1. The van der Waals surface area contributed by atoms with Crippen molar-refractivity contribution in [2.45, 2.75) is 45.6 Å². The maximum Gasteiger partial charge on any atom is 0.228 e. The summed E-state index contributed by atoms with van der Waals surface area (Å²) in [6.45, 7) is 5.49. The fourth-order valence-corrected chi connectivity index (χ4v) is 2.91. The Bertz CT molecular complexity index is 438. The second kappa shape index (κ2) is 6.88. The lowest BCUT2D eigenvalue weighted by Gasteiger charge is -2.29. The topological polar surface area (TPSA) is 64.3 Å². The maximum absolute atomic E-state index is 5.87. The smallest absolute Gasteiger partial charge is 0.228 e. The lowest BCUT2D eigenvalue weighted by molar-refractivity contribution is 0.304. The van der Waals surface area contributed by atoms with Gasteiger partial charge >= 0.3 is 0 Å². The highest BCUT2D eigenvalue weighted by Crippen LogP contribution is 2.30. The van der Waals surface area contributed by atoms with Crippen LogP contribution in [0.15, 0.2) is 6.07 Å². The Morgan fingerprint density at radius 1 is 1.40 bits per heavy atom. The van der Waals surface area contributed by atoms with Gasteiger partial charge in [0.05, 0.1) is 6.61 Å². The molecule has 1 aliphatic carbocycles. The summed E-state index contributed by atoms with van der Waals surface area (Å²) >= 11 is 0. The SMILES string of the molecule is CCCOc1cc(C)nc(N(C)C2CCCC2CN)n1. The maximum atomic E-state index is 5.87. The first-order chi connectivity index (χ1) is 9.65. The van der Waals surface area contributed by atoms with Gasteiger partial charge in [-0.05, 0) is 38.6 Å². The van der Waals surface area contributed by atoms with Crippen molar-refractivity contribution in [3.8, 4) is 5.88 Å². The van der Waals surface area contributed by atoms with Crippen LogP contribution in [-0.2, 0) is 0 Å². The quantitative estimate of drug-likeness (QED) is 0.863. The molecule has 2 rings (SSSR count). The number of ether oxygens (including phenoxy) is 1. The van der Waals surface area contributed by atoms with Crippen molar-refractivity contribution >= 4 is 5.95 Å². The van der Waals surface area contributed by atoms with Gasteiger partial charge in [-0.25, -0.2) is 4.98 Å². The molecular formula is C15H26N4O. The van der Waals surface area contributed by atoms with Gasteiger partial charge in [0.25, 0.3) is 0 Å². The molecule has 112 valence electrons. The Hall–Kier alpha value is -1.36. The van der Waals surface area contributed by atoms with Gasteiger partial charge in [0.2, 0.25) is 11.8 Å². The number of anilines is 1. The van der Waals surface area contributed by atoms with Crippen molar-refractivity contribution in [1.29, 1.82) is 0 Å². The van der Waals surface area contributed by atoms with Gasteiger partial charge in [0.15, 0.2) is 0 Å². The molecule has 2 unspecified atom stereocenters. The normalized spacial score (nSPS) is 22.0. The summed E-state index contributed by atoms with van der Waals surface area (Å²) in [6.07, 6.45) is 4.59. The molecule has 1 fully saturated rings. The summed E-state index contributed by atoms with van der Waals surface area (Å²) in [6, 6.07) is 2.34. The predicted octanol–water partition coefficient (Wildman–Crippen LogP) is 2.14. The summed E-state index contributed by atoms with van der Waals surface area (Å²) in [5.74, 6) is 1.97. The van der Waals surface area contributed by atoms with E-state index in [9.17, 15) is 0 Å². The molecule has 0 saturated heterocycles. The molecule has 0 aromatic carbocycles. The van der Waals surface area contributed by atoms with E-state index >= 15 is 0 Å². The van der Waals surface area contributed by atoms with Gasteiger partial charge < -0.3 is 15.4 Å². The van der Waals surface area contributed by atoms with Crippen molar-refractivity contribution in [2.75, 3.05) is 25.1 Å². The Labute approximate surface area is 121 Å². The highest BCUT2D eigenvalue weighted by atomic mass is 16.5. The highest BCUT2D eigenvalue weighted by Gasteiger charge is 2.30. The second-order valence-corrected chi connectivity index (χ2v) is 5.60. The summed E-state index contributed by atoms with van der Waals surface area (Å²) in [7, 11) is 2.07. The van der Waals surface area contributed by atoms with Gasteiger partial charge in [-0.15, -0.1) is 0 Å². The molecule has 1 aromatic heterocycles. The Morgan fingerprint density at radius 3 is 2.90 bits per heavy atom. The number of nitrogens with zero attached hydrogens (tertiary/aromatic N) is 3. The summed E-state index contributed by atoms with van der Waals surface area (Å²) in [4.78, 5) is 11.3. The van der Waals surface area contributed by atoms with Crippen molar-refractivity contribution in [2.24, 2.45) is 11.7 Å². The molecule has 1 aromatic rings. The van der Waals surface area contributed by atoms with E-state index in [1.807, 2.05) is 13.0 Å². The molecule has 5 heteroatoms. The van der Waals surface area contributed by atoms with Crippen LogP contribution in [0.4, 0.5) is 5.95 Å². The fraction of sp³-hybridized carbons (Fsp3) is 0.733. The monoisotopic (exact) mass is 278 g/mol. The zero-order chi connectivity index (χ0) is 14.5. The third-order valence-electron chi connectivity index (χ3n) is 4.01. The van der Waals surface area contributed by atoms with Crippen LogP contribution in [0.2, 0.25) is 0 Å². The van der Waals surface area contributed by atoms with Crippen molar-refractivity contribution in [1.82, 2.24) is 9.97 Å². The largest absolute Gasteiger partial charge is 0.478 e. The van der Waals surface area contributed by atoms with E-state index in [2.05, 4.69) is 28.8 Å². The summed E-state index contributed by atoms with van der Waals surface area (Å²) in [5, 5.41) is 0. The lowest BCUT2D eigenvalue weighted by atomic mass is 10.0. The molecule has 0 amide bonds. The molecule has 1 heterocycles. The Balaban J connectivity index is 2.16. The minimum absolute atomic E-state index is 0.445. The molecule has 5 nitrogen and oxygen atoms in total. The van der Waals surface area contributed by atoms with Crippen LogP contribution in [0.25, 0.3) is 0 Å². The number of aryl methyl sites for hydroxylation is 1. The van der Waals surface area contributed by atoms with Crippen molar-refractivity contribution in [3.63, 3.8) is 0 Å². The van der Waals surface area contributed by atoms with Gasteiger partial charge in [0, 0.05) is 24.8 Å². The molecule has 1 aliphatic rings. The molecule has 20 heavy (non-hydrogen) atoms. The molecule has 0 spiro atoms. The third kappa shape index (κ3) is 3.39. The van der Waals surface area contributed by atoms with Gasteiger partial charge in [-0.3, -0.25) is 0 Å². The molecule has 2 atom stereocenters. The Kier molecular flexibility index (Phi) is 5.17. The fourth-order valence-electron chi connectivity index (χ4n) is 2.91. The molecule has 1 saturated carbocycles. The average molecular weight is 278 g/mol. The average Bonchev–Trinajstić information content (AvgIpc) is 2.92. The third-order valence-corrected chi connectivity index (χ3v) is 4.01. The minimum Gasteiger partial charge on any atom is -0.478 e. The van der Waals surface area contributed by atoms with E-state index in [-0.39, 0.29) is 0 Å². The predicted molar refractivity (Wildman–Crippen MR) is 81.1 cm³/mol. The molecule has 0 radical (unpaired) electrons. The van der Waals surface area contributed by atoms with Crippen molar-refractivity contribution < 1.29 is 4.74 Å². The molecule has 0 aliphatic heterocycles. The lowest BCUT2D eigenvalue weighted by Crippen LogP contribution is -2.38. The van der Waals surface area contributed by atoms with E-state index in [0.717, 1.165) is 24.6 Å². The van der Waals surface area contributed by atoms with Gasteiger partial charge in [-0.1, -0.05) is 13.3 Å². The molecule has 2 N–H and O–H groups in total. The number of hydrogen-bond acceptors (Lipinski definition) is 5. The van der Waals surface area contributed by atoms with Crippen LogP contribution in [0.5, 0.6) is 5.88 Å². The Morgan fingerprint density at radius 2 is 2.20 bits per heavy atom. The first-order valence-corrected chi connectivity index (χ1v) is 7.57. The standard InChI is InChI=1S/C15H26N4O/c1-4-8-20-14-9-11(2)17-15(18-14)19(3)13-7-5-6-12(13)10-16/h9,12-13H,4-8,10,16H2,1-3H3. The van der Waals surface area contributed by atoms with Crippen LogP contribution in [0.1, 0.15) is 38.3 Å². The van der Waals surface area contributed by atoms with Gasteiger partial charge in [-0.2, -0.15) is 4.98 Å². The first-order valence-electron chi connectivity index (χ1n) is 7.57. The zero-order valence-corrected chi connectivity index (χ0v) is 12.8. The highest BCUT2D eigenvalue weighted by molar-refractivity contribution is 5.35. The number of rotatable bonds is 6. The van der Waals surface area contributed by atoms with E-state index in [4.69, 9.17) is 10.5 Å². The van der Waals surface area contributed by atoms with E-state index in [1.54, 1.807) is 0 Å². The van der Waals surface area contributed by atoms with Crippen LogP contribution < -0.4 is 15.4 Å². The first kappa shape index (κ1) is 15.0. The van der Waals surface area contributed by atoms with E-state index in [1.165, 1.54) is 19.3 Å². The van der Waals surface area contributed by atoms with E-state index < -0.39 is 0 Å². The zero-order valence-electron chi connectivity index (χ0n) is 12.8. The minimum atomic E-state index is 0.445. The number of hydrogen-bond donors (Lipinski definition) is 1.